The molecule has 0 bridgehead atoms. The molecule has 0 heterocycles. The number of nitrogens with one attached hydrogen (secondary N) is 2. The monoisotopic (exact) mass is 218 g/mol. The van der Waals surface area contributed by atoms with Gasteiger partial charge in [0.15, 0.2) is 0 Å². The van der Waals surface area contributed by atoms with Crippen molar-refractivity contribution in [2.75, 3.05) is 19.6 Å². The fourth-order valence-corrected chi connectivity index (χ4v) is 1.01. The van der Waals surface area contributed by atoms with E-state index in [4.69, 9.17) is 10.2 Å². The Morgan fingerprint density at radius 2 is 1.67 bits per heavy atom. The Hall–Kier alpha value is -1.14. The standard InChI is InChI=1S/C9H18N2O4/c1-7(11-5-3-9(14)15)6-10-4-2-8(12)13/h7,10-11H,2-6H2,1H3,(H,12,13)(H,14,15). The molecule has 0 saturated heterocycles. The number of hydrogen-bond acceptors (Lipinski definition) is 4. The molecule has 0 aliphatic rings. The third-order valence-corrected chi connectivity index (χ3v) is 1.80. The van der Waals surface area contributed by atoms with Crippen LogP contribution in [0, 0.1) is 0 Å². The van der Waals surface area contributed by atoms with Crippen molar-refractivity contribution < 1.29 is 19.8 Å². The van der Waals surface area contributed by atoms with Gasteiger partial charge in [0.1, 0.15) is 0 Å². The molecular formula is C9H18N2O4. The molecule has 6 nitrogen and oxygen atoms in total. The Balaban J connectivity index is 3.29. The van der Waals surface area contributed by atoms with E-state index >= 15 is 0 Å². The van der Waals surface area contributed by atoms with Gasteiger partial charge in [-0.1, -0.05) is 0 Å². The molecule has 0 aromatic heterocycles. The molecule has 0 aliphatic heterocycles. The van der Waals surface area contributed by atoms with E-state index in [9.17, 15) is 9.59 Å². The predicted octanol–water partition coefficient (Wildman–Crippen LogP) is -0.496. The van der Waals surface area contributed by atoms with Crippen molar-refractivity contribution in [2.24, 2.45) is 0 Å². The molecule has 0 aromatic carbocycles. The first-order valence-corrected chi connectivity index (χ1v) is 4.90. The average molecular weight is 218 g/mol. The first kappa shape index (κ1) is 13.9. The molecule has 6 heteroatoms. The molecule has 0 saturated carbocycles. The number of carbonyl (C=O) groups is 2. The first-order valence-electron chi connectivity index (χ1n) is 4.90. The van der Waals surface area contributed by atoms with Crippen molar-refractivity contribution in [3.05, 3.63) is 0 Å². The van der Waals surface area contributed by atoms with Gasteiger partial charge in [0.05, 0.1) is 12.8 Å². The maximum absolute atomic E-state index is 10.2. The second-order valence-corrected chi connectivity index (χ2v) is 3.35. The van der Waals surface area contributed by atoms with Crippen LogP contribution in [0.15, 0.2) is 0 Å². The molecule has 0 fully saturated rings. The summed E-state index contributed by atoms with van der Waals surface area (Å²) in [5.74, 6) is -1.65. The summed E-state index contributed by atoms with van der Waals surface area (Å²) in [6.45, 7) is 3.40. The van der Waals surface area contributed by atoms with Crippen molar-refractivity contribution >= 4 is 11.9 Å². The molecule has 0 radical (unpaired) electrons. The van der Waals surface area contributed by atoms with Crippen LogP contribution in [0.3, 0.4) is 0 Å². The zero-order chi connectivity index (χ0) is 11.7. The van der Waals surface area contributed by atoms with E-state index in [1.807, 2.05) is 6.92 Å². The number of hydrogen-bond donors (Lipinski definition) is 4. The average Bonchev–Trinajstić information content (AvgIpc) is 2.11. The zero-order valence-corrected chi connectivity index (χ0v) is 8.82. The van der Waals surface area contributed by atoms with Crippen LogP contribution in [-0.2, 0) is 9.59 Å². The molecule has 0 rings (SSSR count). The van der Waals surface area contributed by atoms with Gasteiger partial charge in [0.25, 0.3) is 0 Å². The van der Waals surface area contributed by atoms with Crippen molar-refractivity contribution in [1.29, 1.82) is 0 Å². The Labute approximate surface area is 88.7 Å². The summed E-state index contributed by atoms with van der Waals surface area (Å²) < 4.78 is 0. The molecule has 0 aliphatic carbocycles. The van der Waals surface area contributed by atoms with Crippen molar-refractivity contribution in [1.82, 2.24) is 10.6 Å². The summed E-state index contributed by atoms with van der Waals surface area (Å²) in [5.41, 5.74) is 0. The molecule has 0 amide bonds. The van der Waals surface area contributed by atoms with Crippen LogP contribution in [-0.4, -0.2) is 47.8 Å². The maximum Gasteiger partial charge on any atom is 0.304 e. The third-order valence-electron chi connectivity index (χ3n) is 1.80. The van der Waals surface area contributed by atoms with E-state index in [2.05, 4.69) is 10.6 Å². The second kappa shape index (κ2) is 8.19. The summed E-state index contributed by atoms with van der Waals surface area (Å²) in [6, 6.07) is 0.137. The van der Waals surface area contributed by atoms with Crippen LogP contribution in [0.1, 0.15) is 19.8 Å². The van der Waals surface area contributed by atoms with E-state index < -0.39 is 11.9 Å². The Kier molecular flexibility index (Phi) is 7.57. The second-order valence-electron chi connectivity index (χ2n) is 3.35. The largest absolute Gasteiger partial charge is 0.481 e. The molecule has 88 valence electrons. The predicted molar refractivity (Wildman–Crippen MR) is 54.8 cm³/mol. The number of carboxylic acid groups (broad SMARTS) is 2. The highest BCUT2D eigenvalue weighted by atomic mass is 16.4. The Morgan fingerprint density at radius 3 is 2.20 bits per heavy atom. The number of aliphatic carboxylic acids is 2. The van der Waals surface area contributed by atoms with Gasteiger partial charge >= 0.3 is 11.9 Å². The minimum Gasteiger partial charge on any atom is -0.481 e. The van der Waals surface area contributed by atoms with Crippen LogP contribution in [0.4, 0.5) is 0 Å². The van der Waals surface area contributed by atoms with Gasteiger partial charge in [0, 0.05) is 25.7 Å². The summed E-state index contributed by atoms with van der Waals surface area (Å²) in [7, 11) is 0. The zero-order valence-electron chi connectivity index (χ0n) is 8.82. The van der Waals surface area contributed by atoms with Crippen LogP contribution < -0.4 is 10.6 Å². The first-order chi connectivity index (χ1) is 7.02. The van der Waals surface area contributed by atoms with Gasteiger partial charge in [-0.3, -0.25) is 9.59 Å². The molecule has 15 heavy (non-hydrogen) atoms. The Bertz CT molecular complexity index is 208. The van der Waals surface area contributed by atoms with Crippen LogP contribution >= 0.6 is 0 Å². The smallest absolute Gasteiger partial charge is 0.304 e. The van der Waals surface area contributed by atoms with Gasteiger partial charge in [-0.25, -0.2) is 0 Å². The lowest BCUT2D eigenvalue weighted by Crippen LogP contribution is -2.38. The van der Waals surface area contributed by atoms with E-state index in [0.717, 1.165) is 0 Å². The summed E-state index contributed by atoms with van der Waals surface area (Å²) in [6.07, 6.45) is 0.196. The Morgan fingerprint density at radius 1 is 1.13 bits per heavy atom. The quantitative estimate of drug-likeness (QED) is 0.390. The van der Waals surface area contributed by atoms with Crippen molar-refractivity contribution in [2.45, 2.75) is 25.8 Å². The topological polar surface area (TPSA) is 98.7 Å². The lowest BCUT2D eigenvalue weighted by molar-refractivity contribution is -0.138. The van der Waals surface area contributed by atoms with Gasteiger partial charge in [-0.05, 0) is 6.92 Å². The molecule has 4 N–H and O–H groups in total. The molecule has 0 aromatic rings. The molecule has 0 spiro atoms. The van der Waals surface area contributed by atoms with E-state index in [1.54, 1.807) is 0 Å². The van der Waals surface area contributed by atoms with Gasteiger partial charge in [-0.15, -0.1) is 0 Å². The fraction of sp³-hybridized carbons (Fsp3) is 0.778. The van der Waals surface area contributed by atoms with Gasteiger partial charge < -0.3 is 20.8 Å². The lowest BCUT2D eigenvalue weighted by Gasteiger charge is -2.13. The number of rotatable bonds is 9. The van der Waals surface area contributed by atoms with Crippen LogP contribution in [0.5, 0.6) is 0 Å². The normalized spacial score (nSPS) is 12.3. The van der Waals surface area contributed by atoms with E-state index in [1.165, 1.54) is 0 Å². The summed E-state index contributed by atoms with van der Waals surface area (Å²) in [5, 5.41) is 22.7. The van der Waals surface area contributed by atoms with E-state index in [0.29, 0.717) is 19.6 Å². The fourth-order valence-electron chi connectivity index (χ4n) is 1.01. The van der Waals surface area contributed by atoms with Crippen LogP contribution in [0.25, 0.3) is 0 Å². The maximum atomic E-state index is 10.2. The van der Waals surface area contributed by atoms with E-state index in [-0.39, 0.29) is 18.9 Å². The highest BCUT2D eigenvalue weighted by Gasteiger charge is 2.02. The van der Waals surface area contributed by atoms with Crippen LogP contribution in [0.2, 0.25) is 0 Å². The minimum absolute atomic E-state index is 0.0967. The molecule has 1 unspecified atom stereocenters. The van der Waals surface area contributed by atoms with Crippen molar-refractivity contribution in [3.63, 3.8) is 0 Å². The van der Waals surface area contributed by atoms with Gasteiger partial charge in [-0.2, -0.15) is 0 Å². The van der Waals surface area contributed by atoms with Gasteiger partial charge in [0.2, 0.25) is 0 Å². The highest BCUT2D eigenvalue weighted by molar-refractivity contribution is 5.67. The SMILES string of the molecule is CC(CNCCC(=O)O)NCCC(=O)O. The third kappa shape index (κ3) is 10.8. The number of carboxylic acids is 2. The van der Waals surface area contributed by atoms with Crippen molar-refractivity contribution in [3.8, 4) is 0 Å². The highest BCUT2D eigenvalue weighted by Crippen LogP contribution is 1.83. The summed E-state index contributed by atoms with van der Waals surface area (Å²) >= 11 is 0. The lowest BCUT2D eigenvalue weighted by atomic mass is 10.3. The molecule has 1 atom stereocenters. The minimum atomic E-state index is -0.825. The summed E-state index contributed by atoms with van der Waals surface area (Å²) in [4.78, 5) is 20.4. The molecular weight excluding hydrogens is 200 g/mol.